The second-order valence-corrected chi connectivity index (χ2v) is 4.01. The molecule has 0 unspecified atom stereocenters. The van der Waals surface area contributed by atoms with E-state index in [0.29, 0.717) is 6.92 Å². The van der Waals surface area contributed by atoms with Crippen molar-refractivity contribution in [1.29, 1.82) is 0 Å². The van der Waals surface area contributed by atoms with Gasteiger partial charge < -0.3 is 0 Å². The number of alkyl halides is 2. The summed E-state index contributed by atoms with van der Waals surface area (Å²) in [5.74, 6) is -4.34. The minimum Gasteiger partial charge on any atom is -0.286 e. The Morgan fingerprint density at radius 3 is 2.54 bits per heavy atom. The van der Waals surface area contributed by atoms with E-state index in [9.17, 15) is 13.6 Å². The van der Waals surface area contributed by atoms with Crippen molar-refractivity contribution in [3.63, 3.8) is 0 Å². The molecule has 1 rings (SSSR count). The third-order valence-corrected chi connectivity index (χ3v) is 2.86. The van der Waals surface area contributed by atoms with Crippen molar-refractivity contribution >= 4 is 17.1 Å². The first kappa shape index (κ1) is 10.3. The fourth-order valence-corrected chi connectivity index (χ4v) is 1.88. The SMILES string of the molecule is CCc1ccc(C(=O)C(C)(F)F)s1. The summed E-state index contributed by atoms with van der Waals surface area (Å²) in [4.78, 5) is 12.2. The molecule has 0 radical (unpaired) electrons. The zero-order chi connectivity index (χ0) is 10.1. The summed E-state index contributed by atoms with van der Waals surface area (Å²) in [6.45, 7) is 2.55. The van der Waals surface area contributed by atoms with E-state index >= 15 is 0 Å². The number of halogens is 2. The first-order valence-corrected chi connectivity index (χ1v) is 4.78. The third kappa shape index (κ3) is 2.34. The van der Waals surface area contributed by atoms with Gasteiger partial charge in [0.15, 0.2) is 0 Å². The number of hydrogen-bond donors (Lipinski definition) is 0. The van der Waals surface area contributed by atoms with Crippen LogP contribution in [0.4, 0.5) is 8.78 Å². The molecule has 0 N–H and O–H groups in total. The van der Waals surface area contributed by atoms with Crippen LogP contribution in [0.2, 0.25) is 0 Å². The number of carbonyl (C=O) groups is 1. The van der Waals surface area contributed by atoms with Crippen LogP contribution >= 0.6 is 11.3 Å². The normalized spacial score (nSPS) is 11.7. The summed E-state index contributed by atoms with van der Waals surface area (Å²) in [5.41, 5.74) is 0. The molecule has 0 fully saturated rings. The predicted octanol–water partition coefficient (Wildman–Crippen LogP) is 3.15. The van der Waals surface area contributed by atoms with Crippen molar-refractivity contribution in [2.24, 2.45) is 0 Å². The lowest BCUT2D eigenvalue weighted by molar-refractivity contribution is 0.0226. The predicted molar refractivity (Wildman–Crippen MR) is 48.6 cm³/mol. The Morgan fingerprint density at radius 1 is 1.54 bits per heavy atom. The molecule has 72 valence electrons. The third-order valence-electron chi connectivity index (χ3n) is 1.63. The van der Waals surface area contributed by atoms with E-state index in [1.165, 1.54) is 6.07 Å². The molecule has 0 atom stereocenters. The fourth-order valence-electron chi connectivity index (χ4n) is 0.906. The maximum Gasteiger partial charge on any atom is 0.307 e. The molecule has 0 aliphatic rings. The van der Waals surface area contributed by atoms with Crippen LogP contribution < -0.4 is 0 Å². The highest BCUT2D eigenvalue weighted by Crippen LogP contribution is 2.25. The lowest BCUT2D eigenvalue weighted by Gasteiger charge is -2.05. The number of ketones is 1. The first-order chi connectivity index (χ1) is 5.95. The van der Waals surface area contributed by atoms with E-state index in [0.717, 1.165) is 22.6 Å². The van der Waals surface area contributed by atoms with E-state index < -0.39 is 11.7 Å². The van der Waals surface area contributed by atoms with Gasteiger partial charge in [-0.1, -0.05) is 6.92 Å². The Morgan fingerprint density at radius 2 is 2.15 bits per heavy atom. The molecule has 0 aliphatic heterocycles. The highest BCUT2D eigenvalue weighted by Gasteiger charge is 2.33. The molecule has 0 aliphatic carbocycles. The van der Waals surface area contributed by atoms with Gasteiger partial charge in [-0.15, -0.1) is 11.3 Å². The minimum atomic E-state index is -3.25. The first-order valence-electron chi connectivity index (χ1n) is 3.96. The van der Waals surface area contributed by atoms with E-state index in [2.05, 4.69) is 0 Å². The smallest absolute Gasteiger partial charge is 0.286 e. The average Bonchev–Trinajstić information content (AvgIpc) is 2.48. The fraction of sp³-hybridized carbons (Fsp3) is 0.444. The van der Waals surface area contributed by atoms with Crippen LogP contribution in [0.5, 0.6) is 0 Å². The molecule has 4 heteroatoms. The standard InChI is InChI=1S/C9H10F2OS/c1-3-6-4-5-7(13-6)8(12)9(2,10)11/h4-5H,3H2,1-2H3. The molecule has 0 saturated heterocycles. The van der Waals surface area contributed by atoms with Gasteiger partial charge in [0.25, 0.3) is 0 Å². The van der Waals surface area contributed by atoms with Crippen LogP contribution in [-0.2, 0) is 6.42 Å². The minimum absolute atomic E-state index is 0.143. The lowest BCUT2D eigenvalue weighted by Crippen LogP contribution is -2.23. The Bertz CT molecular complexity index is 312. The number of rotatable bonds is 3. The second-order valence-electron chi connectivity index (χ2n) is 2.84. The maximum atomic E-state index is 12.6. The van der Waals surface area contributed by atoms with Gasteiger partial charge >= 0.3 is 5.92 Å². The van der Waals surface area contributed by atoms with Gasteiger partial charge in [0.05, 0.1) is 4.88 Å². The molecule has 0 bridgehead atoms. The van der Waals surface area contributed by atoms with Crippen molar-refractivity contribution in [2.45, 2.75) is 26.2 Å². The molecule has 0 spiro atoms. The molecular weight excluding hydrogens is 194 g/mol. The van der Waals surface area contributed by atoms with Gasteiger partial charge in [0.1, 0.15) is 0 Å². The average molecular weight is 204 g/mol. The highest BCUT2D eigenvalue weighted by molar-refractivity contribution is 7.14. The molecule has 1 aromatic heterocycles. The summed E-state index contributed by atoms with van der Waals surface area (Å²) in [5, 5.41) is 0. The van der Waals surface area contributed by atoms with Crippen LogP contribution in [0.15, 0.2) is 12.1 Å². The van der Waals surface area contributed by atoms with Crippen LogP contribution in [0.3, 0.4) is 0 Å². The molecule has 1 nitrogen and oxygen atoms in total. The Labute approximate surface area is 79.4 Å². The number of carbonyl (C=O) groups excluding carboxylic acids is 1. The lowest BCUT2D eigenvalue weighted by atomic mass is 10.2. The molecular formula is C9H10F2OS. The molecule has 1 aromatic rings. The topological polar surface area (TPSA) is 17.1 Å². The molecule has 0 aromatic carbocycles. The van der Waals surface area contributed by atoms with Crippen LogP contribution in [0.25, 0.3) is 0 Å². The van der Waals surface area contributed by atoms with Crippen LogP contribution in [-0.4, -0.2) is 11.7 Å². The highest BCUT2D eigenvalue weighted by atomic mass is 32.1. The quantitative estimate of drug-likeness (QED) is 0.691. The van der Waals surface area contributed by atoms with E-state index in [1.54, 1.807) is 6.07 Å². The van der Waals surface area contributed by atoms with Crippen LogP contribution in [0.1, 0.15) is 28.4 Å². The van der Waals surface area contributed by atoms with Gasteiger partial charge in [0, 0.05) is 11.8 Å². The summed E-state index contributed by atoms with van der Waals surface area (Å²) in [7, 11) is 0. The van der Waals surface area contributed by atoms with Gasteiger partial charge in [-0.25, -0.2) is 0 Å². The number of hydrogen-bond acceptors (Lipinski definition) is 2. The summed E-state index contributed by atoms with van der Waals surface area (Å²) < 4.78 is 25.1. The monoisotopic (exact) mass is 204 g/mol. The Balaban J connectivity index is 2.90. The maximum absolute atomic E-state index is 12.6. The van der Waals surface area contributed by atoms with Gasteiger partial charge in [0.2, 0.25) is 5.78 Å². The van der Waals surface area contributed by atoms with E-state index in [4.69, 9.17) is 0 Å². The summed E-state index contributed by atoms with van der Waals surface area (Å²) in [6.07, 6.45) is 0.771. The molecule has 0 saturated carbocycles. The molecule has 1 heterocycles. The van der Waals surface area contributed by atoms with Crippen molar-refractivity contribution < 1.29 is 13.6 Å². The van der Waals surface area contributed by atoms with Crippen molar-refractivity contribution in [3.05, 3.63) is 21.9 Å². The largest absolute Gasteiger partial charge is 0.307 e. The molecule has 0 amide bonds. The zero-order valence-electron chi connectivity index (χ0n) is 7.43. The summed E-state index contributed by atoms with van der Waals surface area (Å²) >= 11 is 1.14. The zero-order valence-corrected chi connectivity index (χ0v) is 8.25. The number of aryl methyl sites for hydroxylation is 1. The molecule has 13 heavy (non-hydrogen) atoms. The van der Waals surface area contributed by atoms with E-state index in [-0.39, 0.29) is 4.88 Å². The second kappa shape index (κ2) is 3.54. The van der Waals surface area contributed by atoms with Gasteiger partial charge in [-0.2, -0.15) is 8.78 Å². The van der Waals surface area contributed by atoms with E-state index in [1.807, 2.05) is 6.92 Å². The number of thiophene rings is 1. The van der Waals surface area contributed by atoms with Gasteiger partial charge in [-0.3, -0.25) is 4.79 Å². The van der Waals surface area contributed by atoms with Crippen molar-refractivity contribution in [1.82, 2.24) is 0 Å². The van der Waals surface area contributed by atoms with Crippen LogP contribution in [0, 0.1) is 0 Å². The number of Topliss-reactive ketones (excluding diaryl/α,β-unsaturated/α-hetero) is 1. The Kier molecular flexibility index (Phi) is 2.81. The summed E-state index contributed by atoms with van der Waals surface area (Å²) in [6, 6.07) is 3.17. The van der Waals surface area contributed by atoms with Crippen molar-refractivity contribution in [2.75, 3.05) is 0 Å². The van der Waals surface area contributed by atoms with Crippen molar-refractivity contribution in [3.8, 4) is 0 Å². The van der Waals surface area contributed by atoms with Gasteiger partial charge in [-0.05, 0) is 18.6 Å². The Hall–Kier alpha value is -0.770.